The minimum atomic E-state index is -0.0934. The largest absolute Gasteiger partial charge is 0.508 e. The Bertz CT molecular complexity index is 811. The number of aromatic hydroxyl groups is 1. The van der Waals surface area contributed by atoms with Crippen LogP contribution in [-0.2, 0) is 4.79 Å². The van der Waals surface area contributed by atoms with E-state index in [2.05, 4.69) is 15.6 Å². The van der Waals surface area contributed by atoms with E-state index in [1.807, 2.05) is 41.8 Å². The summed E-state index contributed by atoms with van der Waals surface area (Å²) in [6.07, 6.45) is 0. The molecule has 3 aromatic rings. The summed E-state index contributed by atoms with van der Waals surface area (Å²) in [5, 5.41) is 18.0. The van der Waals surface area contributed by atoms with Crippen molar-refractivity contribution >= 4 is 33.8 Å². The molecular formula is C17H15N3O2S. The van der Waals surface area contributed by atoms with Gasteiger partial charge in [0.15, 0.2) is 5.13 Å². The maximum Gasteiger partial charge on any atom is 0.221 e. The number of nitrogens with zero attached hydrogens (tertiary/aromatic N) is 1. The Kier molecular flexibility index (Phi) is 4.25. The van der Waals surface area contributed by atoms with Gasteiger partial charge in [-0.05, 0) is 48.5 Å². The average molecular weight is 325 g/mol. The number of nitrogens with one attached hydrogen (secondary N) is 2. The zero-order valence-electron chi connectivity index (χ0n) is 12.4. The number of thiazole rings is 1. The maximum absolute atomic E-state index is 11.0. The van der Waals surface area contributed by atoms with Crippen molar-refractivity contribution in [3.63, 3.8) is 0 Å². The fourth-order valence-electron chi connectivity index (χ4n) is 2.06. The van der Waals surface area contributed by atoms with Crippen molar-refractivity contribution in [3.05, 3.63) is 53.9 Å². The first-order valence-corrected chi connectivity index (χ1v) is 7.88. The number of carbonyl (C=O) groups excluding carboxylic acids is 1. The highest BCUT2D eigenvalue weighted by Crippen LogP contribution is 2.28. The van der Waals surface area contributed by atoms with E-state index in [-0.39, 0.29) is 11.7 Å². The van der Waals surface area contributed by atoms with Crippen molar-refractivity contribution < 1.29 is 9.90 Å². The molecule has 0 aliphatic rings. The van der Waals surface area contributed by atoms with E-state index in [0.717, 1.165) is 27.8 Å². The monoisotopic (exact) mass is 325 g/mol. The summed E-state index contributed by atoms with van der Waals surface area (Å²) in [5.74, 6) is 0.144. The topological polar surface area (TPSA) is 74.2 Å². The van der Waals surface area contributed by atoms with Crippen molar-refractivity contribution in [1.29, 1.82) is 0 Å². The molecule has 1 amide bonds. The van der Waals surface area contributed by atoms with Gasteiger partial charge in [0.1, 0.15) is 5.75 Å². The minimum absolute atomic E-state index is 0.0934. The minimum Gasteiger partial charge on any atom is -0.508 e. The van der Waals surface area contributed by atoms with E-state index in [1.54, 1.807) is 12.1 Å². The standard InChI is InChI=1S/C17H15N3O2S/c1-11(21)18-13-4-6-14(7-5-13)19-17-20-16(10-23-17)12-2-8-15(22)9-3-12/h2-10,22H,1H3,(H,18,21)(H,19,20). The van der Waals surface area contributed by atoms with E-state index < -0.39 is 0 Å². The van der Waals surface area contributed by atoms with Gasteiger partial charge < -0.3 is 15.7 Å². The summed E-state index contributed by atoms with van der Waals surface area (Å²) < 4.78 is 0. The van der Waals surface area contributed by atoms with Crippen LogP contribution < -0.4 is 10.6 Å². The van der Waals surface area contributed by atoms with Gasteiger partial charge in [0, 0.05) is 29.2 Å². The number of anilines is 3. The number of phenolic OH excluding ortho intramolecular Hbond substituents is 1. The molecule has 0 saturated heterocycles. The van der Waals surface area contributed by atoms with Gasteiger partial charge in [0.2, 0.25) is 5.91 Å². The second-order valence-corrected chi connectivity index (χ2v) is 5.83. The van der Waals surface area contributed by atoms with Crippen LogP contribution in [0.25, 0.3) is 11.3 Å². The number of aromatic nitrogens is 1. The summed E-state index contributed by atoms with van der Waals surface area (Å²) in [4.78, 5) is 15.5. The molecule has 1 aromatic heterocycles. The van der Waals surface area contributed by atoms with Crippen LogP contribution >= 0.6 is 11.3 Å². The van der Waals surface area contributed by atoms with E-state index >= 15 is 0 Å². The highest BCUT2D eigenvalue weighted by molar-refractivity contribution is 7.14. The number of phenols is 1. The molecule has 3 N–H and O–H groups in total. The Labute approximate surface area is 137 Å². The molecule has 116 valence electrons. The van der Waals surface area contributed by atoms with Gasteiger partial charge in [-0.2, -0.15) is 0 Å². The third-order valence-corrected chi connectivity index (χ3v) is 3.88. The fraction of sp³-hybridized carbons (Fsp3) is 0.0588. The smallest absolute Gasteiger partial charge is 0.221 e. The molecule has 0 radical (unpaired) electrons. The molecular weight excluding hydrogens is 310 g/mol. The Balaban J connectivity index is 1.71. The molecule has 0 aliphatic carbocycles. The van der Waals surface area contributed by atoms with Gasteiger partial charge in [0.05, 0.1) is 5.69 Å². The molecule has 0 unspecified atom stereocenters. The second kappa shape index (κ2) is 6.50. The first-order valence-electron chi connectivity index (χ1n) is 7.00. The van der Waals surface area contributed by atoms with E-state index in [9.17, 15) is 9.90 Å². The second-order valence-electron chi connectivity index (χ2n) is 4.97. The summed E-state index contributed by atoms with van der Waals surface area (Å²) in [6.45, 7) is 1.48. The quantitative estimate of drug-likeness (QED) is 0.671. The first kappa shape index (κ1) is 15.1. The molecule has 0 aliphatic heterocycles. The van der Waals surface area contributed by atoms with E-state index in [1.165, 1.54) is 18.3 Å². The summed E-state index contributed by atoms with van der Waals surface area (Å²) in [6, 6.07) is 14.4. The third kappa shape index (κ3) is 3.87. The number of benzene rings is 2. The molecule has 6 heteroatoms. The highest BCUT2D eigenvalue weighted by Gasteiger charge is 2.05. The Hall–Kier alpha value is -2.86. The van der Waals surface area contributed by atoms with E-state index in [4.69, 9.17) is 0 Å². The number of hydrogen-bond donors (Lipinski definition) is 3. The fourth-order valence-corrected chi connectivity index (χ4v) is 2.80. The molecule has 0 bridgehead atoms. The van der Waals surface area contributed by atoms with Crippen LogP contribution in [0, 0.1) is 0 Å². The molecule has 0 saturated carbocycles. The Morgan fingerprint density at radius 3 is 2.35 bits per heavy atom. The van der Waals surface area contributed by atoms with Crippen LogP contribution in [0.5, 0.6) is 5.75 Å². The predicted octanol–water partition coefficient (Wildman–Crippen LogP) is 4.22. The van der Waals surface area contributed by atoms with Gasteiger partial charge in [-0.1, -0.05) is 0 Å². The summed E-state index contributed by atoms with van der Waals surface area (Å²) in [5.41, 5.74) is 3.46. The number of rotatable bonds is 4. The number of amides is 1. The zero-order valence-corrected chi connectivity index (χ0v) is 13.2. The van der Waals surface area contributed by atoms with Gasteiger partial charge >= 0.3 is 0 Å². The molecule has 0 spiro atoms. The predicted molar refractivity (Wildman–Crippen MR) is 93.2 cm³/mol. The maximum atomic E-state index is 11.0. The molecule has 2 aromatic carbocycles. The summed E-state index contributed by atoms with van der Waals surface area (Å²) in [7, 11) is 0. The lowest BCUT2D eigenvalue weighted by atomic mass is 10.2. The molecule has 5 nitrogen and oxygen atoms in total. The van der Waals surface area contributed by atoms with E-state index in [0.29, 0.717) is 0 Å². The van der Waals surface area contributed by atoms with Crippen LogP contribution in [-0.4, -0.2) is 16.0 Å². The van der Waals surface area contributed by atoms with Gasteiger partial charge in [-0.3, -0.25) is 4.79 Å². The molecule has 3 rings (SSSR count). The zero-order chi connectivity index (χ0) is 16.2. The number of carbonyl (C=O) groups is 1. The molecule has 0 atom stereocenters. The van der Waals surface area contributed by atoms with Crippen LogP contribution in [0.3, 0.4) is 0 Å². The van der Waals surface area contributed by atoms with Crippen LogP contribution in [0.1, 0.15) is 6.92 Å². The van der Waals surface area contributed by atoms with Crippen LogP contribution in [0.2, 0.25) is 0 Å². The van der Waals surface area contributed by atoms with Gasteiger partial charge in [-0.25, -0.2) is 4.98 Å². The normalized spacial score (nSPS) is 10.3. The molecule has 0 fully saturated rings. The van der Waals surface area contributed by atoms with Crippen LogP contribution in [0.15, 0.2) is 53.9 Å². The lowest BCUT2D eigenvalue weighted by molar-refractivity contribution is -0.114. The number of hydrogen-bond acceptors (Lipinski definition) is 5. The van der Waals surface area contributed by atoms with Crippen LogP contribution in [0.4, 0.5) is 16.5 Å². The third-order valence-electron chi connectivity index (χ3n) is 3.12. The lowest BCUT2D eigenvalue weighted by Gasteiger charge is -2.05. The van der Waals surface area contributed by atoms with Crippen molar-refractivity contribution in [2.75, 3.05) is 10.6 Å². The van der Waals surface area contributed by atoms with Crippen molar-refractivity contribution in [1.82, 2.24) is 4.98 Å². The highest BCUT2D eigenvalue weighted by atomic mass is 32.1. The Morgan fingerprint density at radius 2 is 1.70 bits per heavy atom. The SMILES string of the molecule is CC(=O)Nc1ccc(Nc2nc(-c3ccc(O)cc3)cs2)cc1. The van der Waals surface area contributed by atoms with Gasteiger partial charge in [0.25, 0.3) is 0 Å². The Morgan fingerprint density at radius 1 is 1.04 bits per heavy atom. The first-order chi connectivity index (χ1) is 11.1. The van der Waals surface area contributed by atoms with Crippen molar-refractivity contribution in [3.8, 4) is 17.0 Å². The molecule has 23 heavy (non-hydrogen) atoms. The van der Waals surface area contributed by atoms with Crippen molar-refractivity contribution in [2.24, 2.45) is 0 Å². The van der Waals surface area contributed by atoms with Gasteiger partial charge in [-0.15, -0.1) is 11.3 Å². The summed E-state index contributed by atoms with van der Waals surface area (Å²) >= 11 is 1.50. The lowest BCUT2D eigenvalue weighted by Crippen LogP contribution is -2.05. The van der Waals surface area contributed by atoms with Crippen molar-refractivity contribution in [2.45, 2.75) is 6.92 Å². The molecule has 1 heterocycles. The average Bonchev–Trinajstić information content (AvgIpc) is 2.98.